The van der Waals surface area contributed by atoms with E-state index in [2.05, 4.69) is 25.9 Å². The maximum atomic E-state index is 12.5. The average molecular weight is 343 g/mol. The van der Waals surface area contributed by atoms with Gasteiger partial charge in [-0.1, -0.05) is 20.8 Å². The second kappa shape index (κ2) is 6.17. The number of amides is 1. The molecule has 0 atom stereocenters. The summed E-state index contributed by atoms with van der Waals surface area (Å²) in [7, 11) is 0. The summed E-state index contributed by atoms with van der Waals surface area (Å²) in [5.41, 5.74) is 1.32. The number of likely N-dealkylation sites (tertiary alicyclic amines) is 1. The van der Waals surface area contributed by atoms with Gasteiger partial charge >= 0.3 is 0 Å². The summed E-state index contributed by atoms with van der Waals surface area (Å²) >= 11 is 0. The minimum atomic E-state index is -0.103. The van der Waals surface area contributed by atoms with Gasteiger partial charge in [0.25, 0.3) is 11.5 Å². The molecular weight excluding hydrogens is 318 g/mol. The fourth-order valence-electron chi connectivity index (χ4n) is 3.09. The van der Waals surface area contributed by atoms with Crippen LogP contribution in [0, 0.1) is 19.8 Å². The van der Waals surface area contributed by atoms with Gasteiger partial charge in [-0.3, -0.25) is 9.59 Å². The molecule has 0 N–H and O–H groups in total. The van der Waals surface area contributed by atoms with Crippen LogP contribution in [0.1, 0.15) is 48.3 Å². The number of aromatic nitrogens is 2. The molecule has 0 spiro atoms. The van der Waals surface area contributed by atoms with Crippen LogP contribution in [-0.2, 0) is 12.0 Å². The van der Waals surface area contributed by atoms with Crippen molar-refractivity contribution in [2.75, 3.05) is 13.1 Å². The number of hydrogen-bond donors (Lipinski definition) is 0. The molecule has 0 aliphatic carbocycles. The quantitative estimate of drug-likeness (QED) is 0.859. The number of aryl methyl sites for hydroxylation is 2. The Morgan fingerprint density at radius 2 is 1.96 bits per heavy atom. The molecule has 0 unspecified atom stereocenters. The maximum absolute atomic E-state index is 12.5. The summed E-state index contributed by atoms with van der Waals surface area (Å²) in [5, 5.41) is 4.50. The van der Waals surface area contributed by atoms with Crippen LogP contribution in [0.5, 0.6) is 0 Å². The Morgan fingerprint density at radius 3 is 2.52 bits per heavy atom. The van der Waals surface area contributed by atoms with Gasteiger partial charge in [-0.15, -0.1) is 0 Å². The Labute approximate surface area is 147 Å². The maximum Gasteiger partial charge on any atom is 0.266 e. The van der Waals surface area contributed by atoms with Gasteiger partial charge in [-0.2, -0.15) is 5.10 Å². The van der Waals surface area contributed by atoms with Crippen molar-refractivity contribution in [1.29, 1.82) is 0 Å². The fraction of sp³-hybridized carbons (Fsp3) is 0.526. The molecule has 1 aliphatic heterocycles. The van der Waals surface area contributed by atoms with E-state index < -0.39 is 0 Å². The van der Waals surface area contributed by atoms with Crippen LogP contribution in [0.25, 0.3) is 0 Å². The minimum absolute atomic E-state index is 0.00523. The number of carbonyl (C=O) groups is 1. The van der Waals surface area contributed by atoms with E-state index in [9.17, 15) is 9.59 Å². The Balaban J connectivity index is 1.65. The molecule has 1 aliphatic rings. The van der Waals surface area contributed by atoms with E-state index in [1.807, 2.05) is 6.92 Å². The summed E-state index contributed by atoms with van der Waals surface area (Å²) < 4.78 is 6.96. The Hall–Kier alpha value is -2.37. The van der Waals surface area contributed by atoms with Crippen molar-refractivity contribution in [3.8, 4) is 0 Å². The monoisotopic (exact) mass is 343 g/mol. The summed E-state index contributed by atoms with van der Waals surface area (Å²) in [6, 6.07) is 5.15. The first kappa shape index (κ1) is 17.5. The van der Waals surface area contributed by atoms with Crippen molar-refractivity contribution >= 4 is 5.91 Å². The van der Waals surface area contributed by atoms with Gasteiger partial charge in [-0.25, -0.2) is 4.68 Å². The van der Waals surface area contributed by atoms with Crippen molar-refractivity contribution in [2.24, 2.45) is 5.92 Å². The Bertz CT molecular complexity index is 852. The van der Waals surface area contributed by atoms with Crippen molar-refractivity contribution in [3.63, 3.8) is 0 Å². The number of nitrogens with zero attached hydrogens (tertiary/aromatic N) is 3. The van der Waals surface area contributed by atoms with E-state index in [1.54, 1.807) is 30.0 Å². The molecule has 3 heterocycles. The lowest BCUT2D eigenvalue weighted by atomic mass is 9.92. The van der Waals surface area contributed by atoms with Crippen LogP contribution in [0.3, 0.4) is 0 Å². The summed E-state index contributed by atoms with van der Waals surface area (Å²) in [5.74, 6) is 1.64. The third kappa shape index (κ3) is 3.52. The van der Waals surface area contributed by atoms with Gasteiger partial charge in [0.1, 0.15) is 11.5 Å². The first-order valence-corrected chi connectivity index (χ1v) is 8.60. The van der Waals surface area contributed by atoms with E-state index in [-0.39, 0.29) is 22.8 Å². The lowest BCUT2D eigenvalue weighted by Crippen LogP contribution is -2.52. The van der Waals surface area contributed by atoms with Gasteiger partial charge in [0.05, 0.1) is 17.8 Å². The molecule has 0 bridgehead atoms. The van der Waals surface area contributed by atoms with E-state index in [0.717, 1.165) is 11.5 Å². The van der Waals surface area contributed by atoms with Crippen molar-refractivity contribution < 1.29 is 9.21 Å². The summed E-state index contributed by atoms with van der Waals surface area (Å²) in [6.07, 6.45) is 0. The zero-order valence-corrected chi connectivity index (χ0v) is 15.5. The number of hydrogen-bond acceptors (Lipinski definition) is 4. The van der Waals surface area contributed by atoms with E-state index in [1.165, 1.54) is 4.68 Å². The lowest BCUT2D eigenvalue weighted by Gasteiger charge is -2.39. The Morgan fingerprint density at radius 1 is 1.28 bits per heavy atom. The molecule has 3 rings (SSSR count). The van der Waals surface area contributed by atoms with E-state index in [0.29, 0.717) is 31.0 Å². The topological polar surface area (TPSA) is 68.3 Å². The summed E-state index contributed by atoms with van der Waals surface area (Å²) in [6.45, 7) is 11.7. The van der Waals surface area contributed by atoms with Crippen molar-refractivity contribution in [2.45, 2.75) is 46.6 Å². The molecular formula is C19H25N3O3. The van der Waals surface area contributed by atoms with Crippen LogP contribution in [0.4, 0.5) is 0 Å². The van der Waals surface area contributed by atoms with Gasteiger partial charge in [-0.05, 0) is 26.0 Å². The predicted octanol–water partition coefficient (Wildman–Crippen LogP) is 2.52. The molecule has 134 valence electrons. The molecule has 0 saturated carbocycles. The third-order valence-corrected chi connectivity index (χ3v) is 4.58. The first-order valence-electron chi connectivity index (χ1n) is 8.60. The second-order valence-corrected chi connectivity index (χ2v) is 7.89. The zero-order valence-electron chi connectivity index (χ0n) is 15.5. The third-order valence-electron chi connectivity index (χ3n) is 4.58. The van der Waals surface area contributed by atoms with Crippen LogP contribution in [0.15, 0.2) is 27.4 Å². The largest absolute Gasteiger partial charge is 0.466 e. The number of rotatable bonds is 3. The van der Waals surface area contributed by atoms with Gasteiger partial charge in [0.2, 0.25) is 0 Å². The molecule has 25 heavy (non-hydrogen) atoms. The second-order valence-electron chi connectivity index (χ2n) is 7.89. The molecule has 0 radical (unpaired) electrons. The van der Waals surface area contributed by atoms with E-state index >= 15 is 0 Å². The summed E-state index contributed by atoms with van der Waals surface area (Å²) in [4.78, 5) is 26.4. The number of carbonyl (C=O) groups excluding carboxylic acids is 1. The van der Waals surface area contributed by atoms with Crippen LogP contribution in [-0.4, -0.2) is 33.7 Å². The average Bonchev–Trinajstić information content (AvgIpc) is 2.81. The van der Waals surface area contributed by atoms with Crippen molar-refractivity contribution in [3.05, 3.63) is 51.3 Å². The highest BCUT2D eigenvalue weighted by atomic mass is 16.3. The molecule has 6 nitrogen and oxygen atoms in total. The van der Waals surface area contributed by atoms with Crippen LogP contribution >= 0.6 is 0 Å². The van der Waals surface area contributed by atoms with Crippen LogP contribution in [0.2, 0.25) is 0 Å². The highest BCUT2D eigenvalue weighted by molar-refractivity contribution is 5.95. The molecule has 2 aromatic heterocycles. The van der Waals surface area contributed by atoms with E-state index in [4.69, 9.17) is 4.42 Å². The van der Waals surface area contributed by atoms with Gasteiger partial charge < -0.3 is 9.32 Å². The van der Waals surface area contributed by atoms with Gasteiger partial charge in [0, 0.05) is 30.5 Å². The smallest absolute Gasteiger partial charge is 0.266 e. The molecule has 1 amide bonds. The van der Waals surface area contributed by atoms with Gasteiger partial charge in [0.15, 0.2) is 0 Å². The molecule has 6 heteroatoms. The normalized spacial score (nSPS) is 15.3. The fourth-order valence-corrected chi connectivity index (χ4v) is 3.09. The highest BCUT2D eigenvalue weighted by Crippen LogP contribution is 2.23. The molecule has 0 aromatic carbocycles. The predicted molar refractivity (Wildman–Crippen MR) is 94.8 cm³/mol. The number of furan rings is 1. The molecule has 1 saturated heterocycles. The molecule has 1 fully saturated rings. The van der Waals surface area contributed by atoms with Crippen molar-refractivity contribution in [1.82, 2.24) is 14.7 Å². The minimum Gasteiger partial charge on any atom is -0.466 e. The van der Waals surface area contributed by atoms with Crippen LogP contribution < -0.4 is 5.56 Å². The first-order chi connectivity index (χ1) is 11.6. The Kier molecular flexibility index (Phi) is 4.31. The lowest BCUT2D eigenvalue weighted by molar-refractivity contribution is 0.0456. The highest BCUT2D eigenvalue weighted by Gasteiger charge is 2.33. The standard InChI is InChI=1S/C19H25N3O3/c1-12-8-15(13(2)25-12)18(24)21-9-14(10-21)11-22-17(23)7-6-16(20-22)19(3,4)5/h6-8,14H,9-11H2,1-5H3. The molecule has 2 aromatic rings. The zero-order chi connectivity index (χ0) is 18.4. The SMILES string of the molecule is Cc1cc(C(=O)N2CC(Cn3nc(C(C)(C)C)ccc3=O)C2)c(C)o1.